The van der Waals surface area contributed by atoms with Gasteiger partial charge in [0.15, 0.2) is 0 Å². The second-order valence-corrected chi connectivity index (χ2v) is 5.49. The number of hydrogen-bond donors (Lipinski definition) is 3. The molecule has 0 radical (unpaired) electrons. The van der Waals surface area contributed by atoms with E-state index in [1.165, 1.54) is 6.07 Å². The van der Waals surface area contributed by atoms with E-state index in [1.54, 1.807) is 18.5 Å². The van der Waals surface area contributed by atoms with Crippen LogP contribution >= 0.6 is 0 Å². The lowest BCUT2D eigenvalue weighted by Crippen LogP contribution is -2.18. The fourth-order valence-electron chi connectivity index (χ4n) is 1.50. The highest BCUT2D eigenvalue weighted by Crippen LogP contribution is 2.21. The van der Waals surface area contributed by atoms with Crippen LogP contribution in [0.4, 0.5) is 11.4 Å². The van der Waals surface area contributed by atoms with Gasteiger partial charge in [-0.3, -0.25) is 9.55 Å². The average molecular weight is 301 g/mol. The first-order chi connectivity index (χ1) is 9.18. The third-order valence-corrected chi connectivity index (χ3v) is 2.29. The Balaban J connectivity index is 0.000000347. The summed E-state index contributed by atoms with van der Waals surface area (Å²) in [4.78, 5) is 16.7. The van der Waals surface area contributed by atoms with Crippen molar-refractivity contribution in [3.05, 3.63) is 23.8 Å². The molecule has 1 aliphatic rings. The fraction of sp³-hybridized carbons (Fsp3) is 0.273. The van der Waals surface area contributed by atoms with Gasteiger partial charge < -0.3 is 15.7 Å². The summed E-state index contributed by atoms with van der Waals surface area (Å²) in [6.45, 7) is 1.58. The number of aromatic carboxylic acids is 1. The minimum absolute atomic E-state index is 0.134. The Labute approximate surface area is 116 Å². The molecular formula is C11H15N3O5S. The Bertz CT molecular complexity index is 619. The number of nitrogens with two attached hydrogens (primary N) is 1. The van der Waals surface area contributed by atoms with Gasteiger partial charge in [0.1, 0.15) is 0 Å². The summed E-state index contributed by atoms with van der Waals surface area (Å²) in [5.41, 5.74) is 6.92. The average Bonchev–Trinajstić information content (AvgIpc) is 2.79. The van der Waals surface area contributed by atoms with Crippen molar-refractivity contribution in [1.82, 2.24) is 0 Å². The third-order valence-electron chi connectivity index (χ3n) is 2.29. The van der Waals surface area contributed by atoms with Crippen molar-refractivity contribution >= 4 is 33.8 Å². The lowest BCUT2D eigenvalue weighted by atomic mass is 10.1. The molecule has 0 fully saturated rings. The van der Waals surface area contributed by atoms with Crippen LogP contribution in [-0.2, 0) is 10.1 Å². The number of rotatable bonds is 2. The topological polar surface area (TPSA) is 133 Å². The molecule has 0 amide bonds. The summed E-state index contributed by atoms with van der Waals surface area (Å²) in [5, 5.41) is 8.80. The van der Waals surface area contributed by atoms with Crippen LogP contribution in [0.15, 0.2) is 23.2 Å². The van der Waals surface area contributed by atoms with Gasteiger partial charge in [-0.2, -0.15) is 8.42 Å². The van der Waals surface area contributed by atoms with Gasteiger partial charge in [-0.15, -0.1) is 0 Å². The highest BCUT2D eigenvalue weighted by atomic mass is 32.2. The van der Waals surface area contributed by atoms with Crippen LogP contribution < -0.4 is 10.6 Å². The Morgan fingerprint density at radius 1 is 1.45 bits per heavy atom. The van der Waals surface area contributed by atoms with Crippen LogP contribution in [0.1, 0.15) is 10.4 Å². The summed E-state index contributed by atoms with van der Waals surface area (Å²) in [7, 11) is -3.67. The van der Waals surface area contributed by atoms with Gasteiger partial charge in [0, 0.05) is 17.9 Å². The van der Waals surface area contributed by atoms with Crippen LogP contribution in [0.25, 0.3) is 0 Å². The van der Waals surface area contributed by atoms with Crippen molar-refractivity contribution in [2.45, 2.75) is 0 Å². The van der Waals surface area contributed by atoms with Gasteiger partial charge in [-0.25, -0.2) is 4.79 Å². The number of anilines is 2. The summed E-state index contributed by atoms with van der Waals surface area (Å²) in [6.07, 6.45) is 2.45. The molecule has 0 aromatic heterocycles. The van der Waals surface area contributed by atoms with E-state index in [0.717, 1.165) is 18.8 Å². The van der Waals surface area contributed by atoms with E-state index in [1.807, 2.05) is 4.90 Å². The molecule has 0 unspecified atom stereocenters. The number of nitrogen functional groups attached to an aromatic ring is 1. The van der Waals surface area contributed by atoms with E-state index < -0.39 is 16.1 Å². The van der Waals surface area contributed by atoms with Gasteiger partial charge in [-0.05, 0) is 18.2 Å². The molecule has 9 heteroatoms. The van der Waals surface area contributed by atoms with E-state index in [4.69, 9.17) is 15.4 Å². The quantitative estimate of drug-likeness (QED) is 0.529. The van der Waals surface area contributed by atoms with Crippen LogP contribution in [0.5, 0.6) is 0 Å². The zero-order chi connectivity index (χ0) is 15.3. The molecule has 8 nitrogen and oxygen atoms in total. The number of carboxylic acids is 1. The molecule has 4 N–H and O–H groups in total. The zero-order valence-electron chi connectivity index (χ0n) is 10.7. The molecule has 20 heavy (non-hydrogen) atoms. The smallest absolute Gasteiger partial charge is 0.337 e. The molecule has 2 rings (SSSR count). The van der Waals surface area contributed by atoms with Gasteiger partial charge in [0.2, 0.25) is 0 Å². The third kappa shape index (κ3) is 5.24. The molecule has 0 aliphatic carbocycles. The summed E-state index contributed by atoms with van der Waals surface area (Å²) in [6, 6.07) is 4.90. The predicted molar refractivity (Wildman–Crippen MR) is 76.0 cm³/mol. The fourth-order valence-corrected chi connectivity index (χ4v) is 1.50. The molecule has 1 heterocycles. The second kappa shape index (κ2) is 6.35. The highest BCUT2D eigenvalue weighted by molar-refractivity contribution is 7.85. The number of carbonyl (C=O) groups is 1. The maximum Gasteiger partial charge on any atom is 0.337 e. The molecule has 1 aliphatic heterocycles. The lowest BCUT2D eigenvalue weighted by molar-refractivity contribution is 0.0698. The van der Waals surface area contributed by atoms with Crippen LogP contribution in [0.3, 0.4) is 0 Å². The molecule has 1 aromatic carbocycles. The van der Waals surface area contributed by atoms with Gasteiger partial charge in [-0.1, -0.05) is 0 Å². The van der Waals surface area contributed by atoms with E-state index in [9.17, 15) is 13.2 Å². The minimum atomic E-state index is -3.67. The number of aliphatic imine (C=N–C) groups is 1. The Kier molecular flexibility index (Phi) is 5.06. The monoisotopic (exact) mass is 301 g/mol. The van der Waals surface area contributed by atoms with Gasteiger partial charge in [0.05, 0.1) is 24.7 Å². The summed E-state index contributed by atoms with van der Waals surface area (Å²) < 4.78 is 25.9. The van der Waals surface area contributed by atoms with Crippen molar-refractivity contribution in [2.24, 2.45) is 4.99 Å². The molecule has 0 saturated heterocycles. The first-order valence-corrected chi connectivity index (χ1v) is 7.35. The maximum absolute atomic E-state index is 10.7. The first-order valence-electron chi connectivity index (χ1n) is 5.50. The molecule has 0 spiro atoms. The van der Waals surface area contributed by atoms with Crippen molar-refractivity contribution in [2.75, 3.05) is 30.0 Å². The van der Waals surface area contributed by atoms with E-state index in [2.05, 4.69) is 4.99 Å². The highest BCUT2D eigenvalue weighted by Gasteiger charge is 2.12. The normalized spacial score (nSPS) is 13.8. The maximum atomic E-state index is 10.7. The zero-order valence-corrected chi connectivity index (χ0v) is 11.5. The first kappa shape index (κ1) is 15.9. The minimum Gasteiger partial charge on any atom is -0.478 e. The van der Waals surface area contributed by atoms with E-state index in [0.29, 0.717) is 6.26 Å². The number of benzene rings is 1. The molecule has 0 atom stereocenters. The van der Waals surface area contributed by atoms with Crippen LogP contribution in [0, 0.1) is 0 Å². The molecule has 0 bridgehead atoms. The van der Waals surface area contributed by atoms with E-state index in [-0.39, 0.29) is 11.3 Å². The summed E-state index contributed by atoms with van der Waals surface area (Å²) in [5.74, 6) is -1.01. The van der Waals surface area contributed by atoms with Gasteiger partial charge in [0.25, 0.3) is 10.1 Å². The number of nitrogens with zero attached hydrogens (tertiary/aromatic N) is 2. The Hall–Kier alpha value is -2.13. The lowest BCUT2D eigenvalue weighted by Gasteiger charge is -2.14. The second-order valence-electron chi connectivity index (χ2n) is 4.02. The molecule has 110 valence electrons. The Morgan fingerprint density at radius 2 is 2.05 bits per heavy atom. The van der Waals surface area contributed by atoms with E-state index >= 15 is 0 Å². The molecule has 0 saturated carbocycles. The van der Waals surface area contributed by atoms with Crippen molar-refractivity contribution < 1.29 is 22.9 Å². The van der Waals surface area contributed by atoms with Crippen molar-refractivity contribution in [1.29, 1.82) is 0 Å². The summed E-state index contributed by atoms with van der Waals surface area (Å²) >= 11 is 0. The van der Waals surface area contributed by atoms with Crippen LogP contribution in [-0.4, -0.2) is 49.7 Å². The predicted octanol–water partition coefficient (Wildman–Crippen LogP) is 0.319. The molecule has 1 aromatic rings. The standard InChI is InChI=1S/C10H11N3O2.CH4O3S/c11-9-5-7(13-4-3-12-6-13)1-2-8(9)10(14)15;1-5(2,3)4/h1-2,5-6H,3-4,11H2,(H,14,15);1H3,(H,2,3,4). The van der Waals surface area contributed by atoms with Crippen molar-refractivity contribution in [3.8, 4) is 0 Å². The largest absolute Gasteiger partial charge is 0.478 e. The van der Waals surface area contributed by atoms with Gasteiger partial charge >= 0.3 is 5.97 Å². The molecular weight excluding hydrogens is 286 g/mol. The number of hydrogen-bond acceptors (Lipinski definition) is 6. The Morgan fingerprint density at radius 3 is 2.45 bits per heavy atom. The number of carboxylic acid groups (broad SMARTS) is 1. The van der Waals surface area contributed by atoms with Crippen LogP contribution in [0.2, 0.25) is 0 Å². The van der Waals surface area contributed by atoms with Crippen molar-refractivity contribution in [3.63, 3.8) is 0 Å². The SMILES string of the molecule is CS(=O)(=O)O.Nc1cc(N2C=NCC2)ccc1C(=O)O.